The van der Waals surface area contributed by atoms with Crippen LogP contribution < -0.4 is 4.74 Å². The van der Waals surface area contributed by atoms with Crippen LogP contribution in [0.25, 0.3) is 0 Å². The van der Waals surface area contributed by atoms with Crippen LogP contribution in [0.5, 0.6) is 5.75 Å². The second kappa shape index (κ2) is 5.58. The second-order valence-corrected chi connectivity index (χ2v) is 6.85. The molecule has 4 rings (SSSR count). The van der Waals surface area contributed by atoms with Crippen molar-refractivity contribution in [1.82, 2.24) is 9.80 Å². The van der Waals surface area contributed by atoms with Crippen LogP contribution in [0.2, 0.25) is 0 Å². The first-order chi connectivity index (χ1) is 10.7. The molecule has 0 saturated carbocycles. The molecule has 0 radical (unpaired) electrons. The number of rotatable bonds is 2. The summed E-state index contributed by atoms with van der Waals surface area (Å²) in [6, 6.07) is 8.94. The van der Waals surface area contributed by atoms with Crippen molar-refractivity contribution in [1.29, 1.82) is 0 Å². The monoisotopic (exact) mass is 300 g/mol. The fraction of sp³-hybridized carbons (Fsp3) is 0.611. The van der Waals surface area contributed by atoms with Crippen molar-refractivity contribution in [3.8, 4) is 5.75 Å². The summed E-state index contributed by atoms with van der Waals surface area (Å²) in [5, 5.41) is 0. The number of ether oxygens (including phenoxy) is 1. The molecule has 0 bridgehead atoms. The first kappa shape index (κ1) is 14.1. The number of likely N-dealkylation sites (N-methyl/N-ethyl adjacent to an activating group) is 1. The minimum atomic E-state index is -0.315. The van der Waals surface area contributed by atoms with E-state index in [2.05, 4.69) is 22.9 Å². The summed E-state index contributed by atoms with van der Waals surface area (Å²) in [4.78, 5) is 17.5. The topological polar surface area (TPSA) is 32.8 Å². The van der Waals surface area contributed by atoms with E-state index in [0.29, 0.717) is 12.1 Å². The number of hydrogen-bond donors (Lipinski definition) is 0. The van der Waals surface area contributed by atoms with Gasteiger partial charge in [-0.05, 0) is 50.9 Å². The smallest absolute Gasteiger partial charge is 0.264 e. The van der Waals surface area contributed by atoms with Gasteiger partial charge in [0, 0.05) is 25.0 Å². The molecular weight excluding hydrogens is 276 g/mol. The number of hydrogen-bond acceptors (Lipinski definition) is 3. The average Bonchev–Trinajstić information content (AvgIpc) is 3.24. The summed E-state index contributed by atoms with van der Waals surface area (Å²) in [5.41, 5.74) is 1.16. The van der Waals surface area contributed by atoms with Gasteiger partial charge in [0.25, 0.3) is 5.91 Å². The Hall–Kier alpha value is -1.55. The average molecular weight is 300 g/mol. The van der Waals surface area contributed by atoms with Gasteiger partial charge in [0.15, 0.2) is 6.10 Å². The highest BCUT2D eigenvalue weighted by Gasteiger charge is 2.42. The van der Waals surface area contributed by atoms with Gasteiger partial charge >= 0.3 is 0 Å². The summed E-state index contributed by atoms with van der Waals surface area (Å²) in [5.74, 6) is 1.08. The summed E-state index contributed by atoms with van der Waals surface area (Å²) >= 11 is 0. The summed E-state index contributed by atoms with van der Waals surface area (Å²) in [7, 11) is 2.20. The van der Waals surface area contributed by atoms with Crippen LogP contribution in [0.3, 0.4) is 0 Å². The van der Waals surface area contributed by atoms with Crippen LogP contribution in [-0.2, 0) is 11.2 Å². The lowest BCUT2D eigenvalue weighted by Gasteiger charge is -2.34. The highest BCUT2D eigenvalue weighted by atomic mass is 16.5. The van der Waals surface area contributed by atoms with Crippen LogP contribution in [-0.4, -0.2) is 54.0 Å². The number of carbonyl (C=O) groups excluding carboxylic acids is 1. The molecular formula is C18H24N2O2. The molecule has 2 fully saturated rings. The lowest BCUT2D eigenvalue weighted by Crippen LogP contribution is -2.50. The van der Waals surface area contributed by atoms with E-state index < -0.39 is 0 Å². The van der Waals surface area contributed by atoms with E-state index in [0.717, 1.165) is 43.7 Å². The maximum Gasteiger partial charge on any atom is 0.264 e. The van der Waals surface area contributed by atoms with E-state index in [4.69, 9.17) is 4.74 Å². The van der Waals surface area contributed by atoms with E-state index in [-0.39, 0.29) is 12.0 Å². The van der Waals surface area contributed by atoms with Crippen LogP contribution in [0.15, 0.2) is 24.3 Å². The quantitative estimate of drug-likeness (QED) is 0.838. The molecule has 0 unspecified atom stereocenters. The minimum absolute atomic E-state index is 0.194. The normalized spacial score (nSPS) is 31.3. The van der Waals surface area contributed by atoms with Crippen molar-refractivity contribution in [2.24, 2.45) is 0 Å². The first-order valence-corrected chi connectivity index (χ1v) is 8.49. The van der Waals surface area contributed by atoms with Crippen molar-refractivity contribution in [3.63, 3.8) is 0 Å². The molecule has 1 aromatic carbocycles. The Kier molecular flexibility index (Phi) is 3.57. The van der Waals surface area contributed by atoms with Crippen molar-refractivity contribution in [2.45, 2.75) is 50.3 Å². The number of carbonyl (C=O) groups is 1. The predicted octanol–water partition coefficient (Wildman–Crippen LogP) is 2.08. The lowest BCUT2D eigenvalue weighted by atomic mass is 10.0. The highest BCUT2D eigenvalue weighted by molar-refractivity contribution is 5.83. The molecule has 3 heterocycles. The SMILES string of the molecule is CN1CCC[C@@H]1[C@@H]1CCCN1C(=O)[C@H]1Cc2ccccc2O1. The Bertz CT molecular complexity index is 549. The Morgan fingerprint density at radius 3 is 2.68 bits per heavy atom. The van der Waals surface area contributed by atoms with Crippen LogP contribution in [0.4, 0.5) is 0 Å². The van der Waals surface area contributed by atoms with Gasteiger partial charge in [-0.25, -0.2) is 0 Å². The molecule has 4 nitrogen and oxygen atoms in total. The Balaban J connectivity index is 1.48. The minimum Gasteiger partial charge on any atom is -0.480 e. The van der Waals surface area contributed by atoms with Crippen molar-refractivity contribution in [3.05, 3.63) is 29.8 Å². The fourth-order valence-electron chi connectivity index (χ4n) is 4.39. The zero-order valence-electron chi connectivity index (χ0n) is 13.2. The molecule has 3 aliphatic rings. The largest absolute Gasteiger partial charge is 0.480 e. The Labute approximate surface area is 132 Å². The van der Waals surface area contributed by atoms with E-state index in [9.17, 15) is 4.79 Å². The molecule has 0 spiro atoms. The maximum absolute atomic E-state index is 13.0. The number of benzene rings is 1. The molecule has 1 aromatic rings. The Morgan fingerprint density at radius 2 is 1.91 bits per heavy atom. The van der Waals surface area contributed by atoms with E-state index >= 15 is 0 Å². The maximum atomic E-state index is 13.0. The zero-order chi connectivity index (χ0) is 15.1. The summed E-state index contributed by atoms with van der Waals surface area (Å²) < 4.78 is 5.91. The molecule has 22 heavy (non-hydrogen) atoms. The van der Waals surface area contributed by atoms with Crippen molar-refractivity contribution in [2.75, 3.05) is 20.1 Å². The molecule has 3 atom stereocenters. The standard InChI is InChI=1S/C18H24N2O2/c1-19-10-4-7-14(19)15-8-5-11-20(15)18(21)17-12-13-6-2-3-9-16(13)22-17/h2-3,6,9,14-15,17H,4-5,7-8,10-12H2,1H3/t14-,15+,17-/m1/s1. The second-order valence-electron chi connectivity index (χ2n) is 6.85. The molecule has 3 aliphatic heterocycles. The van der Waals surface area contributed by atoms with Gasteiger partial charge in [-0.15, -0.1) is 0 Å². The predicted molar refractivity (Wildman–Crippen MR) is 84.9 cm³/mol. The number of nitrogens with zero attached hydrogens (tertiary/aromatic N) is 2. The fourth-order valence-corrected chi connectivity index (χ4v) is 4.39. The van der Waals surface area contributed by atoms with E-state index in [1.165, 1.54) is 12.8 Å². The van der Waals surface area contributed by atoms with Crippen molar-refractivity contribution < 1.29 is 9.53 Å². The van der Waals surface area contributed by atoms with E-state index in [1.807, 2.05) is 18.2 Å². The zero-order valence-corrected chi connectivity index (χ0v) is 13.2. The third-order valence-electron chi connectivity index (χ3n) is 5.53. The van der Waals surface area contributed by atoms with Crippen molar-refractivity contribution >= 4 is 5.91 Å². The molecule has 2 saturated heterocycles. The van der Waals surface area contributed by atoms with Gasteiger partial charge < -0.3 is 14.5 Å². The highest BCUT2D eigenvalue weighted by Crippen LogP contribution is 2.33. The number of fused-ring (bicyclic) bond motifs is 1. The number of amides is 1. The number of likely N-dealkylation sites (tertiary alicyclic amines) is 2. The van der Waals surface area contributed by atoms with Gasteiger partial charge in [0.1, 0.15) is 5.75 Å². The lowest BCUT2D eigenvalue weighted by molar-refractivity contribution is -0.139. The first-order valence-electron chi connectivity index (χ1n) is 8.49. The number of para-hydroxylation sites is 1. The molecule has 118 valence electrons. The van der Waals surface area contributed by atoms with Gasteiger partial charge in [-0.2, -0.15) is 0 Å². The molecule has 4 heteroatoms. The van der Waals surface area contributed by atoms with Gasteiger partial charge in [-0.1, -0.05) is 18.2 Å². The molecule has 1 amide bonds. The van der Waals surface area contributed by atoms with E-state index in [1.54, 1.807) is 0 Å². The molecule has 0 aromatic heterocycles. The van der Waals surface area contributed by atoms with Crippen LogP contribution in [0.1, 0.15) is 31.2 Å². The van der Waals surface area contributed by atoms with Crippen LogP contribution in [0, 0.1) is 0 Å². The summed E-state index contributed by atoms with van der Waals surface area (Å²) in [6.07, 6.45) is 5.14. The van der Waals surface area contributed by atoms with Gasteiger partial charge in [0.05, 0.1) is 0 Å². The third kappa shape index (κ3) is 2.30. The molecule has 0 aliphatic carbocycles. The van der Waals surface area contributed by atoms with Gasteiger partial charge in [-0.3, -0.25) is 4.79 Å². The van der Waals surface area contributed by atoms with Gasteiger partial charge in [0.2, 0.25) is 0 Å². The van der Waals surface area contributed by atoms with Crippen LogP contribution >= 0.6 is 0 Å². The third-order valence-corrected chi connectivity index (χ3v) is 5.53. The Morgan fingerprint density at radius 1 is 1.14 bits per heavy atom. The molecule has 0 N–H and O–H groups in total. The summed E-state index contributed by atoms with van der Waals surface area (Å²) in [6.45, 7) is 2.05.